The Labute approximate surface area is 193 Å². The maximum atomic E-state index is 13.5. The standard InChI is InChI=1S/C26H26N2O4S/c1-18-5-4-6-19-16-31-17-28(26(18)19)20-11-13-27(14-12-20)33(29,30)21-9-10-25-23(15-21)22-7-2-3-8-24(22)32-25/h2-10,15,20H,11-14,16-17H2,1H3. The van der Waals surface area contributed by atoms with Crippen LogP contribution < -0.4 is 4.90 Å². The van der Waals surface area contributed by atoms with Gasteiger partial charge in [0.25, 0.3) is 0 Å². The minimum absolute atomic E-state index is 0.261. The minimum atomic E-state index is -3.58. The smallest absolute Gasteiger partial charge is 0.243 e. The summed E-state index contributed by atoms with van der Waals surface area (Å²) < 4.78 is 40.3. The number of nitrogens with zero attached hydrogens (tertiary/aromatic N) is 2. The number of piperidine rings is 1. The fourth-order valence-electron chi connectivity index (χ4n) is 5.26. The molecule has 33 heavy (non-hydrogen) atoms. The Hall–Kier alpha value is -2.87. The number of fused-ring (bicyclic) bond motifs is 4. The SMILES string of the molecule is Cc1cccc2c1N(C1CCN(S(=O)(=O)c3ccc4oc5ccccc5c4c3)CC1)COC2. The van der Waals surface area contributed by atoms with Crippen molar-refractivity contribution in [3.63, 3.8) is 0 Å². The van der Waals surface area contributed by atoms with E-state index in [2.05, 4.69) is 30.0 Å². The molecule has 2 aliphatic heterocycles. The summed E-state index contributed by atoms with van der Waals surface area (Å²) in [5, 5.41) is 1.77. The van der Waals surface area contributed by atoms with Crippen molar-refractivity contribution in [3.8, 4) is 0 Å². The normalized spacial score (nSPS) is 18.2. The average molecular weight is 463 g/mol. The number of furan rings is 1. The zero-order valence-corrected chi connectivity index (χ0v) is 19.3. The molecule has 2 aliphatic rings. The van der Waals surface area contributed by atoms with Gasteiger partial charge in [-0.25, -0.2) is 8.42 Å². The van der Waals surface area contributed by atoms with Gasteiger partial charge in [0.1, 0.15) is 17.9 Å². The van der Waals surface area contributed by atoms with Gasteiger partial charge in [-0.05, 0) is 49.6 Å². The van der Waals surface area contributed by atoms with Crippen LogP contribution in [-0.2, 0) is 21.4 Å². The fraction of sp³-hybridized carbons (Fsp3) is 0.308. The summed E-state index contributed by atoms with van der Waals surface area (Å²) >= 11 is 0. The zero-order valence-electron chi connectivity index (χ0n) is 18.5. The van der Waals surface area contributed by atoms with E-state index in [9.17, 15) is 8.42 Å². The highest BCUT2D eigenvalue weighted by molar-refractivity contribution is 7.89. The van der Waals surface area contributed by atoms with E-state index >= 15 is 0 Å². The average Bonchev–Trinajstić information content (AvgIpc) is 3.22. The predicted molar refractivity (Wildman–Crippen MR) is 129 cm³/mol. The monoisotopic (exact) mass is 462 g/mol. The van der Waals surface area contributed by atoms with Crippen molar-refractivity contribution < 1.29 is 17.6 Å². The summed E-state index contributed by atoms with van der Waals surface area (Å²) in [6, 6.07) is 19.5. The van der Waals surface area contributed by atoms with Gasteiger partial charge in [-0.15, -0.1) is 0 Å². The molecular weight excluding hydrogens is 436 g/mol. The lowest BCUT2D eigenvalue weighted by molar-refractivity contribution is 0.0986. The van der Waals surface area contributed by atoms with Crippen molar-refractivity contribution in [1.29, 1.82) is 0 Å². The number of hydrogen-bond acceptors (Lipinski definition) is 5. The van der Waals surface area contributed by atoms with Gasteiger partial charge < -0.3 is 14.1 Å². The zero-order chi connectivity index (χ0) is 22.6. The summed E-state index contributed by atoms with van der Waals surface area (Å²) in [4.78, 5) is 2.64. The van der Waals surface area contributed by atoms with E-state index in [0.29, 0.717) is 36.9 Å². The van der Waals surface area contributed by atoms with E-state index in [4.69, 9.17) is 9.15 Å². The quantitative estimate of drug-likeness (QED) is 0.427. The van der Waals surface area contributed by atoms with E-state index < -0.39 is 10.0 Å². The lowest BCUT2D eigenvalue weighted by Crippen LogP contribution is -2.48. The van der Waals surface area contributed by atoms with Crippen molar-refractivity contribution in [2.75, 3.05) is 24.7 Å². The molecule has 0 radical (unpaired) electrons. The molecule has 7 heteroatoms. The van der Waals surface area contributed by atoms with Gasteiger partial charge in [-0.1, -0.05) is 36.4 Å². The second-order valence-electron chi connectivity index (χ2n) is 8.92. The van der Waals surface area contributed by atoms with Crippen LogP contribution in [0, 0.1) is 6.92 Å². The number of hydrogen-bond donors (Lipinski definition) is 0. The maximum Gasteiger partial charge on any atom is 0.243 e. The number of aryl methyl sites for hydroxylation is 1. The molecule has 0 saturated carbocycles. The molecule has 0 aliphatic carbocycles. The summed E-state index contributed by atoms with van der Waals surface area (Å²) in [5.41, 5.74) is 5.17. The van der Waals surface area contributed by atoms with E-state index in [1.165, 1.54) is 16.8 Å². The number of rotatable bonds is 3. The van der Waals surface area contributed by atoms with Gasteiger partial charge in [0, 0.05) is 41.2 Å². The molecule has 4 aromatic rings. The Bertz CT molecular complexity index is 1450. The first-order chi connectivity index (χ1) is 16.0. The summed E-state index contributed by atoms with van der Waals surface area (Å²) in [7, 11) is -3.58. The first-order valence-corrected chi connectivity index (χ1v) is 12.8. The first-order valence-electron chi connectivity index (χ1n) is 11.4. The van der Waals surface area contributed by atoms with Crippen molar-refractivity contribution in [2.24, 2.45) is 0 Å². The van der Waals surface area contributed by atoms with Gasteiger partial charge in [0.2, 0.25) is 10.0 Å². The molecule has 170 valence electrons. The summed E-state index contributed by atoms with van der Waals surface area (Å²) in [6.07, 6.45) is 1.54. The van der Waals surface area contributed by atoms with Crippen molar-refractivity contribution in [2.45, 2.75) is 37.3 Å². The van der Waals surface area contributed by atoms with Gasteiger partial charge in [-0.2, -0.15) is 4.31 Å². The van der Waals surface area contributed by atoms with Crippen LogP contribution in [0.3, 0.4) is 0 Å². The summed E-state index contributed by atoms with van der Waals surface area (Å²) in [6.45, 7) is 4.31. The Balaban J connectivity index is 1.25. The van der Waals surface area contributed by atoms with Gasteiger partial charge in [0.15, 0.2) is 0 Å². The van der Waals surface area contributed by atoms with E-state index in [1.54, 1.807) is 22.5 Å². The van der Waals surface area contributed by atoms with Crippen LogP contribution in [0.1, 0.15) is 24.0 Å². The van der Waals surface area contributed by atoms with Crippen LogP contribution in [0.2, 0.25) is 0 Å². The molecular formula is C26H26N2O4S. The van der Waals surface area contributed by atoms with E-state index in [-0.39, 0.29) is 6.04 Å². The molecule has 6 rings (SSSR count). The van der Waals surface area contributed by atoms with Crippen molar-refractivity contribution >= 4 is 37.6 Å². The third-order valence-electron chi connectivity index (χ3n) is 6.95. The van der Waals surface area contributed by atoms with E-state index in [1.807, 2.05) is 24.3 Å². The number of benzene rings is 3. The largest absolute Gasteiger partial charge is 0.456 e. The molecule has 3 aromatic carbocycles. The molecule has 0 atom stereocenters. The third kappa shape index (κ3) is 3.42. The highest BCUT2D eigenvalue weighted by Crippen LogP contribution is 2.35. The molecule has 0 unspecified atom stereocenters. The van der Waals surface area contributed by atoms with Gasteiger partial charge in [0.05, 0.1) is 11.5 Å². The Morgan fingerprint density at radius 2 is 1.70 bits per heavy atom. The fourth-order valence-corrected chi connectivity index (χ4v) is 6.76. The molecule has 0 amide bonds. The van der Waals surface area contributed by atoms with Crippen LogP contribution in [-0.4, -0.2) is 38.6 Å². The van der Waals surface area contributed by atoms with Crippen LogP contribution in [0.4, 0.5) is 5.69 Å². The van der Waals surface area contributed by atoms with Crippen LogP contribution in [0.5, 0.6) is 0 Å². The predicted octanol–water partition coefficient (Wildman–Crippen LogP) is 5.04. The Morgan fingerprint density at radius 1 is 0.909 bits per heavy atom. The second-order valence-corrected chi connectivity index (χ2v) is 10.9. The molecule has 0 spiro atoms. The lowest BCUT2D eigenvalue weighted by atomic mass is 10.00. The van der Waals surface area contributed by atoms with Crippen LogP contribution in [0.25, 0.3) is 21.9 Å². The van der Waals surface area contributed by atoms with E-state index in [0.717, 1.165) is 29.2 Å². The summed E-state index contributed by atoms with van der Waals surface area (Å²) in [5.74, 6) is 0. The molecule has 3 heterocycles. The molecule has 1 saturated heterocycles. The number of ether oxygens (including phenoxy) is 1. The molecule has 6 nitrogen and oxygen atoms in total. The lowest BCUT2D eigenvalue weighted by Gasteiger charge is -2.42. The maximum absolute atomic E-state index is 13.5. The minimum Gasteiger partial charge on any atom is -0.456 e. The topological polar surface area (TPSA) is 63.0 Å². The molecule has 0 bridgehead atoms. The number of sulfonamides is 1. The van der Waals surface area contributed by atoms with Gasteiger partial charge in [-0.3, -0.25) is 0 Å². The number of para-hydroxylation sites is 2. The second kappa shape index (κ2) is 7.87. The first kappa shape index (κ1) is 20.7. The van der Waals surface area contributed by atoms with Crippen molar-refractivity contribution in [3.05, 3.63) is 71.8 Å². The van der Waals surface area contributed by atoms with Crippen LogP contribution in [0.15, 0.2) is 70.0 Å². The Kier molecular flexibility index (Phi) is 4.94. The molecule has 1 fully saturated rings. The third-order valence-corrected chi connectivity index (χ3v) is 8.84. The number of anilines is 1. The molecule has 1 aromatic heterocycles. The molecule has 0 N–H and O–H groups in total. The van der Waals surface area contributed by atoms with Gasteiger partial charge >= 0.3 is 0 Å². The van der Waals surface area contributed by atoms with Crippen LogP contribution >= 0.6 is 0 Å². The Morgan fingerprint density at radius 3 is 2.55 bits per heavy atom. The highest BCUT2D eigenvalue weighted by atomic mass is 32.2. The highest BCUT2D eigenvalue weighted by Gasteiger charge is 2.34. The van der Waals surface area contributed by atoms with Crippen molar-refractivity contribution in [1.82, 2.24) is 4.31 Å².